The minimum atomic E-state index is -0.236. The number of benzene rings is 2. The quantitative estimate of drug-likeness (QED) is 0.409. The average Bonchev–Trinajstić information content (AvgIpc) is 3.22. The number of amides is 1. The molecule has 4 nitrogen and oxygen atoms in total. The molecule has 1 aromatic heterocycles. The molecule has 33 heavy (non-hydrogen) atoms. The molecule has 2 aromatic carbocycles. The van der Waals surface area contributed by atoms with E-state index in [1.165, 1.54) is 34.6 Å². The summed E-state index contributed by atoms with van der Waals surface area (Å²) in [5, 5.41) is 5.63. The van der Waals surface area contributed by atoms with Crippen molar-refractivity contribution in [2.75, 3.05) is 6.54 Å². The van der Waals surface area contributed by atoms with Crippen LogP contribution in [0.4, 0.5) is 4.39 Å². The Kier molecular flexibility index (Phi) is 8.38. The summed E-state index contributed by atoms with van der Waals surface area (Å²) in [6.45, 7) is 13.4. The number of nitrogens with one attached hydrogen (secondary N) is 1. The smallest absolute Gasteiger partial charge is 0.270 e. The van der Waals surface area contributed by atoms with Crippen LogP contribution in [0.3, 0.4) is 0 Å². The van der Waals surface area contributed by atoms with E-state index in [1.54, 1.807) is 0 Å². The van der Waals surface area contributed by atoms with E-state index in [0.29, 0.717) is 31.2 Å². The van der Waals surface area contributed by atoms with Gasteiger partial charge in [-0.25, -0.2) is 9.37 Å². The number of nitrogens with zero attached hydrogens (tertiary/aromatic N) is 2. The Morgan fingerprint density at radius 1 is 1.00 bits per heavy atom. The molecule has 0 spiro atoms. The molecule has 0 atom stereocenters. The summed E-state index contributed by atoms with van der Waals surface area (Å²) >= 11 is 1.50. The third-order valence-corrected chi connectivity index (χ3v) is 6.19. The highest BCUT2D eigenvalue weighted by atomic mass is 32.1. The minimum absolute atomic E-state index is 0.111. The van der Waals surface area contributed by atoms with E-state index in [9.17, 15) is 9.18 Å². The van der Waals surface area contributed by atoms with Gasteiger partial charge in [-0.3, -0.25) is 9.69 Å². The van der Waals surface area contributed by atoms with Gasteiger partial charge >= 0.3 is 0 Å². The number of hydrogen-bond acceptors (Lipinski definition) is 4. The van der Waals surface area contributed by atoms with Crippen molar-refractivity contribution < 1.29 is 9.18 Å². The van der Waals surface area contributed by atoms with Crippen LogP contribution in [0, 0.1) is 11.7 Å². The number of hydrogen-bond donors (Lipinski definition) is 1. The first-order valence-electron chi connectivity index (χ1n) is 11.4. The number of aromatic nitrogens is 1. The second kappa shape index (κ2) is 11.0. The molecule has 3 rings (SSSR count). The van der Waals surface area contributed by atoms with Crippen LogP contribution in [-0.4, -0.2) is 22.3 Å². The predicted octanol–water partition coefficient (Wildman–Crippen LogP) is 6.17. The van der Waals surface area contributed by atoms with Crippen molar-refractivity contribution in [3.05, 3.63) is 87.1 Å². The maximum absolute atomic E-state index is 13.4. The molecule has 176 valence electrons. The van der Waals surface area contributed by atoms with E-state index in [2.05, 4.69) is 74.1 Å². The average molecular weight is 468 g/mol. The first-order valence-corrected chi connectivity index (χ1v) is 12.3. The molecule has 1 N–H and O–H groups in total. The summed E-state index contributed by atoms with van der Waals surface area (Å²) in [6, 6.07) is 15.3. The Labute approximate surface area is 200 Å². The van der Waals surface area contributed by atoms with Crippen molar-refractivity contribution in [2.24, 2.45) is 5.92 Å². The van der Waals surface area contributed by atoms with E-state index in [-0.39, 0.29) is 17.1 Å². The van der Waals surface area contributed by atoms with E-state index in [4.69, 9.17) is 0 Å². The van der Waals surface area contributed by atoms with Crippen molar-refractivity contribution in [2.45, 2.75) is 59.7 Å². The van der Waals surface area contributed by atoms with Gasteiger partial charge in [-0.2, -0.15) is 0 Å². The van der Waals surface area contributed by atoms with E-state index in [1.807, 2.05) is 17.5 Å². The topological polar surface area (TPSA) is 45.2 Å². The lowest BCUT2D eigenvalue weighted by Crippen LogP contribution is -2.27. The van der Waals surface area contributed by atoms with Gasteiger partial charge in [0.25, 0.3) is 5.91 Å². The van der Waals surface area contributed by atoms with Gasteiger partial charge in [0.2, 0.25) is 0 Å². The summed E-state index contributed by atoms with van der Waals surface area (Å²) in [7, 11) is 0. The fourth-order valence-corrected chi connectivity index (χ4v) is 4.27. The van der Waals surface area contributed by atoms with Gasteiger partial charge in [0.05, 0.1) is 6.54 Å². The van der Waals surface area contributed by atoms with Crippen molar-refractivity contribution >= 4 is 17.2 Å². The van der Waals surface area contributed by atoms with Gasteiger partial charge < -0.3 is 5.32 Å². The molecule has 0 unspecified atom stereocenters. The van der Waals surface area contributed by atoms with Crippen molar-refractivity contribution in [3.63, 3.8) is 0 Å². The Morgan fingerprint density at radius 2 is 1.58 bits per heavy atom. The van der Waals surface area contributed by atoms with Crippen LogP contribution in [0.5, 0.6) is 0 Å². The van der Waals surface area contributed by atoms with Crippen LogP contribution >= 0.6 is 11.3 Å². The highest BCUT2D eigenvalue weighted by Crippen LogP contribution is 2.23. The largest absolute Gasteiger partial charge is 0.350 e. The van der Waals surface area contributed by atoms with Gasteiger partial charge in [0, 0.05) is 25.0 Å². The van der Waals surface area contributed by atoms with E-state index < -0.39 is 0 Å². The van der Waals surface area contributed by atoms with Crippen molar-refractivity contribution in [1.29, 1.82) is 0 Å². The molecular formula is C27H34FN3OS. The standard InChI is InChI=1S/C27H34FN3OS/c1-19(2)14-29-26(32)24-18-33-25(30-24)17-31(16-21-8-12-23(28)13-9-21)15-20-6-10-22(11-7-20)27(3,4)5/h6-13,18-19H,14-17H2,1-5H3,(H,29,32). The summed E-state index contributed by atoms with van der Waals surface area (Å²) in [5.41, 5.74) is 4.12. The number of carbonyl (C=O) groups excluding carboxylic acids is 1. The molecule has 6 heteroatoms. The van der Waals surface area contributed by atoms with E-state index in [0.717, 1.165) is 17.1 Å². The second-order valence-corrected chi connectivity index (χ2v) is 10.9. The van der Waals surface area contributed by atoms with Crippen LogP contribution < -0.4 is 5.32 Å². The van der Waals surface area contributed by atoms with Gasteiger partial charge in [-0.1, -0.05) is 71.0 Å². The molecule has 0 fully saturated rings. The fraction of sp³-hybridized carbons (Fsp3) is 0.407. The fourth-order valence-electron chi connectivity index (χ4n) is 3.45. The molecular weight excluding hydrogens is 433 g/mol. The lowest BCUT2D eigenvalue weighted by Gasteiger charge is -2.23. The summed E-state index contributed by atoms with van der Waals surface area (Å²) in [5.74, 6) is 0.0250. The summed E-state index contributed by atoms with van der Waals surface area (Å²) < 4.78 is 13.4. The summed E-state index contributed by atoms with van der Waals surface area (Å²) in [4.78, 5) is 19.2. The monoisotopic (exact) mass is 467 g/mol. The zero-order chi connectivity index (χ0) is 24.0. The number of carbonyl (C=O) groups is 1. The highest BCUT2D eigenvalue weighted by molar-refractivity contribution is 7.09. The first-order chi connectivity index (χ1) is 15.6. The Morgan fingerprint density at radius 3 is 2.12 bits per heavy atom. The minimum Gasteiger partial charge on any atom is -0.350 e. The number of thiazole rings is 1. The lowest BCUT2D eigenvalue weighted by atomic mass is 9.87. The molecule has 0 radical (unpaired) electrons. The van der Waals surface area contributed by atoms with Crippen LogP contribution in [0.1, 0.15) is 66.8 Å². The predicted molar refractivity (Wildman–Crippen MR) is 134 cm³/mol. The van der Waals surface area contributed by atoms with Crippen molar-refractivity contribution in [1.82, 2.24) is 15.2 Å². The molecule has 0 saturated carbocycles. The van der Waals surface area contributed by atoms with Crippen molar-refractivity contribution in [3.8, 4) is 0 Å². The molecule has 0 aliphatic rings. The molecule has 1 amide bonds. The number of rotatable bonds is 9. The Balaban J connectivity index is 1.74. The number of halogens is 1. The SMILES string of the molecule is CC(C)CNC(=O)c1csc(CN(Cc2ccc(F)cc2)Cc2ccc(C(C)(C)C)cc2)n1. The highest BCUT2D eigenvalue weighted by Gasteiger charge is 2.16. The molecule has 3 aromatic rings. The lowest BCUT2D eigenvalue weighted by molar-refractivity contribution is 0.0944. The first kappa shape index (κ1) is 25.1. The molecule has 0 aliphatic heterocycles. The van der Waals surface area contributed by atoms with Gasteiger partial charge in [-0.15, -0.1) is 11.3 Å². The normalized spacial score (nSPS) is 11.9. The third kappa shape index (κ3) is 7.76. The molecule has 0 saturated heterocycles. The zero-order valence-electron chi connectivity index (χ0n) is 20.2. The van der Waals surface area contributed by atoms with Crippen LogP contribution in [0.15, 0.2) is 53.9 Å². The van der Waals surface area contributed by atoms with E-state index >= 15 is 0 Å². The Bertz CT molecular complexity index is 1040. The maximum Gasteiger partial charge on any atom is 0.270 e. The Hall–Kier alpha value is -2.57. The van der Waals surface area contributed by atoms with Crippen LogP contribution in [0.25, 0.3) is 0 Å². The second-order valence-electron chi connectivity index (χ2n) is 9.95. The van der Waals surface area contributed by atoms with Crippen LogP contribution in [0.2, 0.25) is 0 Å². The third-order valence-electron chi connectivity index (χ3n) is 5.36. The van der Waals surface area contributed by atoms with Gasteiger partial charge in [-0.05, 0) is 40.2 Å². The summed E-state index contributed by atoms with van der Waals surface area (Å²) in [6.07, 6.45) is 0. The molecule has 0 bridgehead atoms. The van der Waals surface area contributed by atoms with Gasteiger partial charge in [0.1, 0.15) is 16.5 Å². The molecule has 0 aliphatic carbocycles. The molecule has 1 heterocycles. The zero-order valence-corrected chi connectivity index (χ0v) is 21.0. The van der Waals surface area contributed by atoms with Gasteiger partial charge in [0.15, 0.2) is 0 Å². The maximum atomic E-state index is 13.4. The van der Waals surface area contributed by atoms with Crippen LogP contribution in [-0.2, 0) is 25.0 Å².